The monoisotopic (exact) mass is 376 g/mol. The number of esters is 1. The first-order valence-corrected chi connectivity index (χ1v) is 9.63. The van der Waals surface area contributed by atoms with Crippen molar-refractivity contribution < 1.29 is 22.7 Å². The third-order valence-corrected chi connectivity index (χ3v) is 4.72. The number of hydrogen-bond donors (Lipinski definition) is 1. The number of hydrogen-bond acceptors (Lipinski definition) is 5. The Balaban J connectivity index is 2.15. The van der Waals surface area contributed by atoms with Crippen LogP contribution in [-0.2, 0) is 26.1 Å². The van der Waals surface area contributed by atoms with Gasteiger partial charge in [0.1, 0.15) is 6.54 Å². The van der Waals surface area contributed by atoms with Gasteiger partial charge in [-0.3, -0.25) is 9.10 Å². The highest BCUT2D eigenvalue weighted by Gasteiger charge is 2.21. The van der Waals surface area contributed by atoms with Gasteiger partial charge in [-0.25, -0.2) is 13.2 Å². The van der Waals surface area contributed by atoms with Crippen LogP contribution in [-0.4, -0.2) is 40.2 Å². The molecule has 0 spiro atoms. The standard InChI is InChI=1S/C18H20N2O5S/c1-25-18(22)15-9-6-10-16(11-15)20(26(2,23)24)13-17(21)19-12-14-7-4-3-5-8-14/h3-11H,12-13H2,1-2H3,(H,19,21). The number of nitrogens with one attached hydrogen (secondary N) is 1. The number of ether oxygens (including phenoxy) is 1. The van der Waals surface area contributed by atoms with E-state index >= 15 is 0 Å². The van der Waals surface area contributed by atoms with E-state index in [1.54, 1.807) is 0 Å². The summed E-state index contributed by atoms with van der Waals surface area (Å²) in [7, 11) is -2.49. The minimum absolute atomic E-state index is 0.198. The van der Waals surface area contributed by atoms with E-state index in [9.17, 15) is 18.0 Å². The van der Waals surface area contributed by atoms with E-state index in [1.807, 2.05) is 30.3 Å². The molecule has 2 rings (SSSR count). The van der Waals surface area contributed by atoms with Crippen molar-refractivity contribution in [2.45, 2.75) is 6.54 Å². The van der Waals surface area contributed by atoms with Crippen LogP contribution in [0.25, 0.3) is 0 Å². The summed E-state index contributed by atoms with van der Waals surface area (Å²) in [5.41, 5.74) is 1.31. The first-order chi connectivity index (χ1) is 12.3. The molecular formula is C18H20N2O5S. The summed E-state index contributed by atoms with van der Waals surface area (Å²) in [5.74, 6) is -1.04. The zero-order valence-corrected chi connectivity index (χ0v) is 15.3. The van der Waals surface area contributed by atoms with Crippen LogP contribution in [0.4, 0.5) is 5.69 Å². The third kappa shape index (κ3) is 5.32. The zero-order chi connectivity index (χ0) is 19.2. The number of carbonyl (C=O) groups excluding carboxylic acids is 2. The molecule has 138 valence electrons. The average Bonchev–Trinajstić information content (AvgIpc) is 2.63. The molecule has 2 aromatic rings. The molecule has 0 aliphatic carbocycles. The van der Waals surface area contributed by atoms with E-state index in [2.05, 4.69) is 10.1 Å². The van der Waals surface area contributed by atoms with Crippen LogP contribution in [0.5, 0.6) is 0 Å². The lowest BCUT2D eigenvalue weighted by Crippen LogP contribution is -2.40. The number of carbonyl (C=O) groups is 2. The fourth-order valence-corrected chi connectivity index (χ4v) is 3.14. The smallest absolute Gasteiger partial charge is 0.337 e. The summed E-state index contributed by atoms with van der Waals surface area (Å²) < 4.78 is 29.8. The molecule has 1 amide bonds. The number of anilines is 1. The van der Waals surface area contributed by atoms with Crippen molar-refractivity contribution in [3.63, 3.8) is 0 Å². The third-order valence-electron chi connectivity index (χ3n) is 3.58. The summed E-state index contributed by atoms with van der Waals surface area (Å²) in [6.45, 7) is -0.101. The molecule has 0 unspecified atom stereocenters. The molecule has 0 aliphatic rings. The van der Waals surface area contributed by atoms with Crippen molar-refractivity contribution in [2.24, 2.45) is 0 Å². The molecule has 0 heterocycles. The molecule has 0 radical (unpaired) electrons. The highest BCUT2D eigenvalue weighted by molar-refractivity contribution is 7.92. The van der Waals surface area contributed by atoms with Gasteiger partial charge in [0.2, 0.25) is 15.9 Å². The summed E-state index contributed by atoms with van der Waals surface area (Å²) >= 11 is 0. The molecule has 0 aromatic heterocycles. The van der Waals surface area contributed by atoms with E-state index in [1.165, 1.54) is 31.4 Å². The molecule has 1 N–H and O–H groups in total. The summed E-state index contributed by atoms with van der Waals surface area (Å²) in [5, 5.41) is 2.68. The zero-order valence-electron chi connectivity index (χ0n) is 14.5. The Morgan fingerprint density at radius 3 is 2.38 bits per heavy atom. The predicted octanol–water partition coefficient (Wildman–Crippen LogP) is 1.56. The second kappa shape index (κ2) is 8.48. The van der Waals surface area contributed by atoms with E-state index in [4.69, 9.17) is 0 Å². The van der Waals surface area contributed by atoms with Crippen LogP contribution in [0.15, 0.2) is 54.6 Å². The van der Waals surface area contributed by atoms with E-state index in [0.29, 0.717) is 6.54 Å². The normalized spacial score (nSPS) is 10.8. The molecule has 0 saturated carbocycles. The highest BCUT2D eigenvalue weighted by atomic mass is 32.2. The maximum Gasteiger partial charge on any atom is 0.337 e. The van der Waals surface area contributed by atoms with Crippen LogP contribution in [0.2, 0.25) is 0 Å². The van der Waals surface area contributed by atoms with Gasteiger partial charge < -0.3 is 10.1 Å². The topological polar surface area (TPSA) is 92.8 Å². The van der Waals surface area contributed by atoms with Gasteiger partial charge in [0.05, 0.1) is 24.6 Å². The Morgan fingerprint density at radius 1 is 1.08 bits per heavy atom. The van der Waals surface area contributed by atoms with Crippen LogP contribution in [0, 0.1) is 0 Å². The summed E-state index contributed by atoms with van der Waals surface area (Å²) in [6, 6.07) is 15.2. The molecule has 26 heavy (non-hydrogen) atoms. The molecule has 2 aromatic carbocycles. The number of rotatable bonds is 7. The molecule has 0 bridgehead atoms. The van der Waals surface area contributed by atoms with Gasteiger partial charge in [0, 0.05) is 6.54 Å². The lowest BCUT2D eigenvalue weighted by atomic mass is 10.2. The maximum absolute atomic E-state index is 12.2. The molecule has 0 saturated heterocycles. The molecule has 7 nitrogen and oxygen atoms in total. The van der Waals surface area contributed by atoms with Crippen molar-refractivity contribution in [1.82, 2.24) is 5.32 Å². The van der Waals surface area contributed by atoms with Crippen LogP contribution < -0.4 is 9.62 Å². The summed E-state index contributed by atoms with van der Waals surface area (Å²) in [6.07, 6.45) is 1.00. The molecule has 0 atom stereocenters. The Morgan fingerprint density at radius 2 is 1.77 bits per heavy atom. The van der Waals surface area contributed by atoms with Gasteiger partial charge in [-0.2, -0.15) is 0 Å². The summed E-state index contributed by atoms with van der Waals surface area (Å²) in [4.78, 5) is 23.9. The largest absolute Gasteiger partial charge is 0.465 e. The van der Waals surface area contributed by atoms with Gasteiger partial charge in [-0.15, -0.1) is 0 Å². The van der Waals surface area contributed by atoms with Gasteiger partial charge in [0.15, 0.2) is 0 Å². The molecule has 8 heteroatoms. The van der Waals surface area contributed by atoms with E-state index < -0.39 is 28.4 Å². The van der Waals surface area contributed by atoms with Crippen molar-refractivity contribution in [3.05, 3.63) is 65.7 Å². The average molecular weight is 376 g/mol. The molecule has 0 fully saturated rings. The Kier molecular flexibility index (Phi) is 6.35. The van der Waals surface area contributed by atoms with Crippen LogP contribution in [0.1, 0.15) is 15.9 Å². The molecular weight excluding hydrogens is 356 g/mol. The maximum atomic E-state index is 12.2. The molecule has 0 aliphatic heterocycles. The fraction of sp³-hybridized carbons (Fsp3) is 0.222. The van der Waals surface area contributed by atoms with E-state index in [0.717, 1.165) is 16.1 Å². The number of benzene rings is 2. The Hall–Kier alpha value is -2.87. The Labute approximate surface area is 152 Å². The van der Waals surface area contributed by atoms with Crippen molar-refractivity contribution in [3.8, 4) is 0 Å². The number of amides is 1. The van der Waals surface area contributed by atoms with Gasteiger partial charge in [-0.05, 0) is 23.8 Å². The minimum Gasteiger partial charge on any atom is -0.465 e. The first-order valence-electron chi connectivity index (χ1n) is 7.78. The number of sulfonamides is 1. The first kappa shape index (κ1) is 19.5. The SMILES string of the molecule is COC(=O)c1cccc(N(CC(=O)NCc2ccccc2)S(C)(=O)=O)c1. The predicted molar refractivity (Wildman–Crippen MR) is 98.3 cm³/mol. The van der Waals surface area contributed by atoms with Gasteiger partial charge in [-0.1, -0.05) is 36.4 Å². The lowest BCUT2D eigenvalue weighted by Gasteiger charge is -2.22. The Bertz CT molecular complexity index is 881. The number of nitrogens with zero attached hydrogens (tertiary/aromatic N) is 1. The second-order valence-electron chi connectivity index (χ2n) is 5.57. The fourth-order valence-electron chi connectivity index (χ4n) is 2.29. The second-order valence-corrected chi connectivity index (χ2v) is 7.48. The minimum atomic E-state index is -3.72. The van der Waals surface area contributed by atoms with Crippen LogP contribution in [0.3, 0.4) is 0 Å². The van der Waals surface area contributed by atoms with Crippen molar-refractivity contribution in [2.75, 3.05) is 24.2 Å². The quantitative estimate of drug-likeness (QED) is 0.740. The van der Waals surface area contributed by atoms with Crippen molar-refractivity contribution in [1.29, 1.82) is 0 Å². The highest BCUT2D eigenvalue weighted by Crippen LogP contribution is 2.19. The van der Waals surface area contributed by atoms with Crippen LogP contribution >= 0.6 is 0 Å². The van der Waals surface area contributed by atoms with Crippen molar-refractivity contribution >= 4 is 27.6 Å². The number of methoxy groups -OCH3 is 1. The van der Waals surface area contributed by atoms with E-state index in [-0.39, 0.29) is 11.3 Å². The lowest BCUT2D eigenvalue weighted by molar-refractivity contribution is -0.119. The van der Waals surface area contributed by atoms with Gasteiger partial charge >= 0.3 is 5.97 Å². The van der Waals surface area contributed by atoms with Gasteiger partial charge in [0.25, 0.3) is 0 Å².